The van der Waals surface area contributed by atoms with Crippen LogP contribution in [0, 0.1) is 10.8 Å². The van der Waals surface area contributed by atoms with Crippen molar-refractivity contribution >= 4 is 0 Å². The Bertz CT molecular complexity index is 208. The average molecular weight is 238 g/mol. The van der Waals surface area contributed by atoms with Gasteiger partial charge in [-0.1, -0.05) is 27.7 Å². The van der Waals surface area contributed by atoms with Crippen LogP contribution in [-0.2, 0) is 4.74 Å². The molecular weight excluding hydrogens is 208 g/mol. The molecule has 0 aromatic carbocycles. The van der Waals surface area contributed by atoms with Crippen LogP contribution in [0.1, 0.15) is 79.1 Å². The molecule has 0 atom stereocenters. The second kappa shape index (κ2) is 4.91. The van der Waals surface area contributed by atoms with Crippen molar-refractivity contribution in [2.45, 2.75) is 91.3 Å². The predicted molar refractivity (Wildman–Crippen MR) is 73.2 cm³/mol. The molecule has 2 saturated carbocycles. The van der Waals surface area contributed by atoms with Crippen LogP contribution in [0.15, 0.2) is 0 Å². The first-order chi connectivity index (χ1) is 7.86. The molecule has 0 heterocycles. The Morgan fingerprint density at radius 1 is 0.647 bits per heavy atom. The molecule has 2 rings (SSSR count). The maximum atomic E-state index is 6.32. The highest BCUT2D eigenvalue weighted by molar-refractivity contribution is 4.82. The van der Waals surface area contributed by atoms with Crippen molar-refractivity contribution < 1.29 is 4.74 Å². The molecule has 2 fully saturated rings. The Morgan fingerprint density at radius 2 is 0.941 bits per heavy atom. The van der Waals surface area contributed by atoms with Gasteiger partial charge >= 0.3 is 0 Å². The summed E-state index contributed by atoms with van der Waals surface area (Å²) >= 11 is 0. The van der Waals surface area contributed by atoms with E-state index in [4.69, 9.17) is 4.74 Å². The SMILES string of the molecule is CC1(C)CCC(OC2CCC(C)(C)CC2)CC1. The van der Waals surface area contributed by atoms with E-state index in [9.17, 15) is 0 Å². The average Bonchev–Trinajstić information content (AvgIpc) is 2.24. The van der Waals surface area contributed by atoms with Gasteiger partial charge in [0.1, 0.15) is 0 Å². The summed E-state index contributed by atoms with van der Waals surface area (Å²) in [5, 5.41) is 0. The monoisotopic (exact) mass is 238 g/mol. The van der Waals surface area contributed by atoms with E-state index in [0.29, 0.717) is 23.0 Å². The molecule has 0 saturated heterocycles. The zero-order valence-corrected chi connectivity index (χ0v) is 12.2. The molecule has 0 amide bonds. The number of ether oxygens (including phenoxy) is 1. The molecule has 0 unspecified atom stereocenters. The standard InChI is InChI=1S/C16H30O/c1-15(2)9-5-13(6-10-15)17-14-7-11-16(3,4)12-8-14/h13-14H,5-12H2,1-4H3. The molecule has 0 aromatic rings. The van der Waals surface area contributed by atoms with Gasteiger partial charge in [0.05, 0.1) is 12.2 Å². The second-order valence-electron chi connectivity index (χ2n) is 7.86. The van der Waals surface area contributed by atoms with E-state index < -0.39 is 0 Å². The summed E-state index contributed by atoms with van der Waals surface area (Å²) in [5.41, 5.74) is 1.13. The molecule has 2 aliphatic rings. The maximum absolute atomic E-state index is 6.32. The highest BCUT2D eigenvalue weighted by Crippen LogP contribution is 2.40. The molecule has 2 aliphatic carbocycles. The van der Waals surface area contributed by atoms with Crippen LogP contribution in [0.5, 0.6) is 0 Å². The van der Waals surface area contributed by atoms with Crippen molar-refractivity contribution in [2.24, 2.45) is 10.8 Å². The third kappa shape index (κ3) is 3.98. The van der Waals surface area contributed by atoms with Gasteiger partial charge in [-0.2, -0.15) is 0 Å². The number of hydrogen-bond donors (Lipinski definition) is 0. The van der Waals surface area contributed by atoms with Crippen molar-refractivity contribution in [3.8, 4) is 0 Å². The van der Waals surface area contributed by atoms with Gasteiger partial charge in [0.15, 0.2) is 0 Å². The van der Waals surface area contributed by atoms with E-state index >= 15 is 0 Å². The fourth-order valence-corrected chi connectivity index (χ4v) is 3.29. The molecule has 100 valence electrons. The topological polar surface area (TPSA) is 9.23 Å². The van der Waals surface area contributed by atoms with Crippen molar-refractivity contribution in [1.82, 2.24) is 0 Å². The third-order valence-electron chi connectivity index (χ3n) is 4.96. The summed E-state index contributed by atoms with van der Waals surface area (Å²) in [6.07, 6.45) is 11.6. The summed E-state index contributed by atoms with van der Waals surface area (Å²) in [6, 6.07) is 0. The molecular formula is C16H30O. The molecule has 0 N–H and O–H groups in total. The van der Waals surface area contributed by atoms with Crippen molar-refractivity contribution in [2.75, 3.05) is 0 Å². The Morgan fingerprint density at radius 3 is 1.24 bits per heavy atom. The van der Waals surface area contributed by atoms with Gasteiger partial charge in [-0.15, -0.1) is 0 Å². The van der Waals surface area contributed by atoms with E-state index in [1.54, 1.807) is 0 Å². The van der Waals surface area contributed by atoms with Crippen LogP contribution in [-0.4, -0.2) is 12.2 Å². The molecule has 0 aromatic heterocycles. The summed E-state index contributed by atoms with van der Waals surface area (Å²) in [7, 11) is 0. The lowest BCUT2D eigenvalue weighted by molar-refractivity contribution is -0.0696. The van der Waals surface area contributed by atoms with Crippen LogP contribution in [0.25, 0.3) is 0 Å². The normalized spacial score (nSPS) is 30.4. The highest BCUT2D eigenvalue weighted by atomic mass is 16.5. The van der Waals surface area contributed by atoms with E-state index in [1.165, 1.54) is 51.4 Å². The van der Waals surface area contributed by atoms with Crippen LogP contribution in [0.4, 0.5) is 0 Å². The highest BCUT2D eigenvalue weighted by Gasteiger charge is 2.31. The zero-order chi connectivity index (χ0) is 12.5. The Kier molecular flexibility index (Phi) is 3.87. The first-order valence-corrected chi connectivity index (χ1v) is 7.52. The lowest BCUT2D eigenvalue weighted by Gasteiger charge is -2.39. The smallest absolute Gasteiger partial charge is 0.0579 e. The van der Waals surface area contributed by atoms with Crippen LogP contribution >= 0.6 is 0 Å². The predicted octanol–water partition coefficient (Wildman–Crippen LogP) is 4.94. The van der Waals surface area contributed by atoms with Gasteiger partial charge in [-0.05, 0) is 62.2 Å². The summed E-state index contributed by atoms with van der Waals surface area (Å²) in [4.78, 5) is 0. The Hall–Kier alpha value is -0.0400. The van der Waals surface area contributed by atoms with E-state index in [-0.39, 0.29) is 0 Å². The summed E-state index contributed by atoms with van der Waals surface area (Å²) in [6.45, 7) is 9.58. The second-order valence-corrected chi connectivity index (χ2v) is 7.86. The van der Waals surface area contributed by atoms with E-state index in [1.807, 2.05) is 0 Å². The third-order valence-corrected chi connectivity index (χ3v) is 4.96. The van der Waals surface area contributed by atoms with Gasteiger partial charge < -0.3 is 4.74 Å². The van der Waals surface area contributed by atoms with Gasteiger partial charge in [0.2, 0.25) is 0 Å². The first kappa shape index (κ1) is 13.4. The Labute approximate surface area is 107 Å². The van der Waals surface area contributed by atoms with Crippen molar-refractivity contribution in [1.29, 1.82) is 0 Å². The van der Waals surface area contributed by atoms with Gasteiger partial charge in [0.25, 0.3) is 0 Å². The van der Waals surface area contributed by atoms with E-state index in [2.05, 4.69) is 27.7 Å². The van der Waals surface area contributed by atoms with Gasteiger partial charge in [0, 0.05) is 0 Å². The summed E-state index contributed by atoms with van der Waals surface area (Å²) < 4.78 is 6.32. The number of rotatable bonds is 2. The molecule has 1 heteroatoms. The van der Waals surface area contributed by atoms with Crippen LogP contribution < -0.4 is 0 Å². The minimum atomic E-state index is 0.564. The van der Waals surface area contributed by atoms with Crippen molar-refractivity contribution in [3.63, 3.8) is 0 Å². The lowest BCUT2D eigenvalue weighted by atomic mass is 9.75. The lowest BCUT2D eigenvalue weighted by Crippen LogP contribution is -2.33. The largest absolute Gasteiger partial charge is 0.375 e. The minimum Gasteiger partial charge on any atom is -0.375 e. The van der Waals surface area contributed by atoms with Crippen LogP contribution in [0.2, 0.25) is 0 Å². The zero-order valence-electron chi connectivity index (χ0n) is 12.2. The quantitative estimate of drug-likeness (QED) is 0.662. The molecule has 0 bridgehead atoms. The fraction of sp³-hybridized carbons (Fsp3) is 1.00. The molecule has 17 heavy (non-hydrogen) atoms. The maximum Gasteiger partial charge on any atom is 0.0579 e. The van der Waals surface area contributed by atoms with Crippen LogP contribution in [0.3, 0.4) is 0 Å². The molecule has 0 spiro atoms. The summed E-state index contributed by atoms with van der Waals surface area (Å²) in [5.74, 6) is 0. The fourth-order valence-electron chi connectivity index (χ4n) is 3.29. The van der Waals surface area contributed by atoms with Gasteiger partial charge in [-0.3, -0.25) is 0 Å². The number of hydrogen-bond acceptors (Lipinski definition) is 1. The van der Waals surface area contributed by atoms with E-state index in [0.717, 1.165) is 0 Å². The minimum absolute atomic E-state index is 0.564. The molecule has 1 nitrogen and oxygen atoms in total. The van der Waals surface area contributed by atoms with Crippen molar-refractivity contribution in [3.05, 3.63) is 0 Å². The molecule has 0 aliphatic heterocycles. The molecule has 0 radical (unpaired) electrons. The Balaban J connectivity index is 1.72. The first-order valence-electron chi connectivity index (χ1n) is 7.52. The van der Waals surface area contributed by atoms with Gasteiger partial charge in [-0.25, -0.2) is 0 Å².